The van der Waals surface area contributed by atoms with Crippen LogP contribution in [0.3, 0.4) is 0 Å². The summed E-state index contributed by atoms with van der Waals surface area (Å²) in [6, 6.07) is 9.63. The SMILES string of the molecule is CC(C)(C(=O)O)n1cncc1-c1ccccc1. The number of nitrogens with zero attached hydrogens (tertiary/aromatic N) is 2. The molecular formula is C13H14N2O2. The van der Waals surface area contributed by atoms with Gasteiger partial charge in [0.2, 0.25) is 0 Å². The molecule has 1 heterocycles. The van der Waals surface area contributed by atoms with Gasteiger partial charge in [-0.05, 0) is 19.4 Å². The zero-order valence-electron chi connectivity index (χ0n) is 9.79. The Bertz CT molecular complexity index is 529. The molecule has 17 heavy (non-hydrogen) atoms. The molecule has 0 aliphatic rings. The summed E-state index contributed by atoms with van der Waals surface area (Å²) in [5.74, 6) is -0.882. The molecule has 0 fully saturated rings. The Morgan fingerprint density at radius 2 is 1.94 bits per heavy atom. The predicted molar refractivity (Wildman–Crippen MR) is 64.6 cm³/mol. The lowest BCUT2D eigenvalue weighted by atomic mass is 10.0. The van der Waals surface area contributed by atoms with Crippen molar-refractivity contribution in [1.29, 1.82) is 0 Å². The molecule has 0 atom stereocenters. The van der Waals surface area contributed by atoms with E-state index in [9.17, 15) is 9.90 Å². The lowest BCUT2D eigenvalue weighted by molar-refractivity contribution is -0.145. The summed E-state index contributed by atoms with van der Waals surface area (Å²) in [6.45, 7) is 3.31. The average molecular weight is 230 g/mol. The third-order valence-electron chi connectivity index (χ3n) is 2.83. The number of carboxylic acid groups (broad SMARTS) is 1. The maximum atomic E-state index is 11.3. The van der Waals surface area contributed by atoms with Crippen LogP contribution in [0.25, 0.3) is 11.3 Å². The van der Waals surface area contributed by atoms with Gasteiger partial charge in [0.25, 0.3) is 0 Å². The second-order valence-corrected chi connectivity index (χ2v) is 4.38. The van der Waals surface area contributed by atoms with Gasteiger partial charge in [-0.15, -0.1) is 0 Å². The van der Waals surface area contributed by atoms with Crippen molar-refractivity contribution < 1.29 is 9.90 Å². The number of hydrogen-bond donors (Lipinski definition) is 1. The lowest BCUT2D eigenvalue weighted by Gasteiger charge is -2.23. The number of hydrogen-bond acceptors (Lipinski definition) is 2. The molecule has 0 amide bonds. The Labute approximate surface area is 99.5 Å². The summed E-state index contributed by atoms with van der Waals surface area (Å²) in [6.07, 6.45) is 3.23. The molecule has 88 valence electrons. The summed E-state index contributed by atoms with van der Waals surface area (Å²) in [5.41, 5.74) is 0.749. The minimum atomic E-state index is -1.01. The number of carbonyl (C=O) groups is 1. The minimum absolute atomic E-state index is 0.804. The van der Waals surface area contributed by atoms with Gasteiger partial charge < -0.3 is 9.67 Å². The fourth-order valence-electron chi connectivity index (χ4n) is 1.67. The first-order valence-corrected chi connectivity index (χ1v) is 5.35. The van der Waals surface area contributed by atoms with Crippen molar-refractivity contribution in [2.24, 2.45) is 0 Å². The standard InChI is InChI=1S/C13H14N2O2/c1-13(2,12(16)17)15-9-14-8-11(15)10-6-4-3-5-7-10/h3-9H,1-2H3,(H,16,17). The number of benzene rings is 1. The molecule has 4 nitrogen and oxygen atoms in total. The van der Waals surface area contributed by atoms with E-state index in [2.05, 4.69) is 4.98 Å². The van der Waals surface area contributed by atoms with E-state index in [1.807, 2.05) is 30.3 Å². The molecule has 0 spiro atoms. The molecule has 4 heteroatoms. The van der Waals surface area contributed by atoms with Gasteiger partial charge in [0, 0.05) is 0 Å². The van der Waals surface area contributed by atoms with E-state index in [0.717, 1.165) is 11.3 Å². The Kier molecular flexibility index (Phi) is 2.71. The average Bonchev–Trinajstić information content (AvgIpc) is 2.79. The molecule has 0 radical (unpaired) electrons. The highest BCUT2D eigenvalue weighted by atomic mass is 16.4. The van der Waals surface area contributed by atoms with E-state index >= 15 is 0 Å². The second kappa shape index (κ2) is 4.05. The van der Waals surface area contributed by atoms with Crippen molar-refractivity contribution in [2.45, 2.75) is 19.4 Å². The first-order valence-electron chi connectivity index (χ1n) is 5.35. The Morgan fingerprint density at radius 1 is 1.29 bits per heavy atom. The third kappa shape index (κ3) is 1.93. The number of carboxylic acids is 1. The van der Waals surface area contributed by atoms with Gasteiger partial charge in [0.15, 0.2) is 0 Å². The quantitative estimate of drug-likeness (QED) is 0.880. The normalized spacial score (nSPS) is 11.4. The van der Waals surface area contributed by atoms with E-state index in [0.29, 0.717) is 0 Å². The van der Waals surface area contributed by atoms with E-state index in [4.69, 9.17) is 0 Å². The molecule has 0 unspecified atom stereocenters. The highest BCUT2D eigenvalue weighted by molar-refractivity contribution is 5.77. The lowest BCUT2D eigenvalue weighted by Crippen LogP contribution is -2.35. The molecule has 1 aromatic carbocycles. The van der Waals surface area contributed by atoms with Crippen LogP contribution in [0.2, 0.25) is 0 Å². The van der Waals surface area contributed by atoms with E-state index in [1.165, 1.54) is 0 Å². The van der Waals surface area contributed by atoms with E-state index < -0.39 is 11.5 Å². The van der Waals surface area contributed by atoms with Crippen LogP contribution < -0.4 is 0 Å². The molecule has 0 bridgehead atoms. The van der Waals surface area contributed by atoms with Gasteiger partial charge in [0.1, 0.15) is 5.54 Å². The smallest absolute Gasteiger partial charge is 0.329 e. The summed E-state index contributed by atoms with van der Waals surface area (Å²) in [7, 11) is 0. The van der Waals surface area contributed by atoms with Crippen LogP contribution in [0, 0.1) is 0 Å². The van der Waals surface area contributed by atoms with Gasteiger partial charge in [-0.2, -0.15) is 0 Å². The molecule has 0 aliphatic heterocycles. The first kappa shape index (κ1) is 11.4. The summed E-state index contributed by atoms with van der Waals surface area (Å²) >= 11 is 0. The monoisotopic (exact) mass is 230 g/mol. The Hall–Kier alpha value is -2.10. The molecule has 0 saturated carbocycles. The van der Waals surface area contributed by atoms with Crippen LogP contribution in [-0.4, -0.2) is 20.6 Å². The van der Waals surface area contributed by atoms with Crippen molar-refractivity contribution in [3.63, 3.8) is 0 Å². The van der Waals surface area contributed by atoms with Gasteiger partial charge in [-0.3, -0.25) is 0 Å². The number of rotatable bonds is 3. The molecule has 2 rings (SSSR count). The van der Waals surface area contributed by atoms with Gasteiger partial charge in [-0.25, -0.2) is 9.78 Å². The van der Waals surface area contributed by atoms with Crippen molar-refractivity contribution in [3.8, 4) is 11.3 Å². The third-order valence-corrected chi connectivity index (χ3v) is 2.83. The summed E-state index contributed by atoms with van der Waals surface area (Å²) < 4.78 is 1.67. The van der Waals surface area contributed by atoms with Crippen LogP contribution in [0.1, 0.15) is 13.8 Å². The minimum Gasteiger partial charge on any atom is -0.480 e. The van der Waals surface area contributed by atoms with E-state index in [-0.39, 0.29) is 0 Å². The van der Waals surface area contributed by atoms with Gasteiger partial charge in [-0.1, -0.05) is 30.3 Å². The first-order chi connectivity index (χ1) is 8.03. The Balaban J connectivity index is 2.53. The molecular weight excluding hydrogens is 216 g/mol. The van der Waals surface area contributed by atoms with Crippen LogP contribution in [0.5, 0.6) is 0 Å². The van der Waals surface area contributed by atoms with Crippen molar-refractivity contribution >= 4 is 5.97 Å². The molecule has 1 aromatic heterocycles. The van der Waals surface area contributed by atoms with Gasteiger partial charge in [0.05, 0.1) is 18.2 Å². The zero-order chi connectivity index (χ0) is 12.5. The topological polar surface area (TPSA) is 55.1 Å². The van der Waals surface area contributed by atoms with Gasteiger partial charge >= 0.3 is 5.97 Å². The highest BCUT2D eigenvalue weighted by Gasteiger charge is 2.31. The van der Waals surface area contributed by atoms with Crippen LogP contribution in [0.15, 0.2) is 42.9 Å². The zero-order valence-corrected chi connectivity index (χ0v) is 9.79. The number of imidazole rings is 1. The summed E-state index contributed by atoms with van der Waals surface area (Å²) in [4.78, 5) is 15.3. The highest BCUT2D eigenvalue weighted by Crippen LogP contribution is 2.25. The molecule has 0 aliphatic carbocycles. The van der Waals surface area contributed by atoms with Crippen LogP contribution in [-0.2, 0) is 10.3 Å². The molecule has 2 aromatic rings. The fourth-order valence-corrected chi connectivity index (χ4v) is 1.67. The number of aromatic nitrogens is 2. The maximum absolute atomic E-state index is 11.3. The molecule has 0 saturated heterocycles. The predicted octanol–water partition coefficient (Wildman–Crippen LogP) is 2.37. The maximum Gasteiger partial charge on any atom is 0.329 e. The van der Waals surface area contributed by atoms with Crippen LogP contribution >= 0.6 is 0 Å². The summed E-state index contributed by atoms with van der Waals surface area (Å²) in [5, 5.41) is 9.24. The van der Waals surface area contributed by atoms with E-state index in [1.54, 1.807) is 30.9 Å². The fraction of sp³-hybridized carbons (Fsp3) is 0.231. The largest absolute Gasteiger partial charge is 0.480 e. The number of aliphatic carboxylic acids is 1. The van der Waals surface area contributed by atoms with Crippen molar-refractivity contribution in [3.05, 3.63) is 42.9 Å². The van der Waals surface area contributed by atoms with Crippen LogP contribution in [0.4, 0.5) is 0 Å². The van der Waals surface area contributed by atoms with Crippen molar-refractivity contribution in [1.82, 2.24) is 9.55 Å². The van der Waals surface area contributed by atoms with Crippen molar-refractivity contribution in [2.75, 3.05) is 0 Å². The second-order valence-electron chi connectivity index (χ2n) is 4.38. The molecule has 1 N–H and O–H groups in total. The Morgan fingerprint density at radius 3 is 2.53 bits per heavy atom.